The highest BCUT2D eigenvalue weighted by Crippen LogP contribution is 2.43. The van der Waals surface area contributed by atoms with E-state index in [1.54, 1.807) is 49.5 Å². The van der Waals surface area contributed by atoms with Crippen LogP contribution in [0, 0.1) is 6.92 Å². The molecule has 0 aliphatic rings. The first-order valence-corrected chi connectivity index (χ1v) is 8.85. The van der Waals surface area contributed by atoms with E-state index in [4.69, 9.17) is 9.84 Å². The summed E-state index contributed by atoms with van der Waals surface area (Å²) in [5.41, 5.74) is 2.55. The van der Waals surface area contributed by atoms with E-state index in [2.05, 4.69) is 0 Å². The van der Waals surface area contributed by atoms with Crippen LogP contribution in [0.15, 0.2) is 54.6 Å². The zero-order valence-electron chi connectivity index (χ0n) is 14.7. The largest absolute Gasteiger partial charge is 0.512 e. The second kappa shape index (κ2) is 7.51. The first kappa shape index (κ1) is 18.5. The number of rotatable bonds is 4. The Kier molecular flexibility index (Phi) is 5.14. The van der Waals surface area contributed by atoms with Gasteiger partial charge in [-0.15, -0.1) is 0 Å². The zero-order valence-corrected chi connectivity index (χ0v) is 15.5. The number of carboxylic acid groups (broad SMARTS) is 1. The van der Waals surface area contributed by atoms with E-state index in [0.717, 1.165) is 16.9 Å². The first-order chi connectivity index (χ1) is 12.8. The Morgan fingerprint density at radius 3 is 2.41 bits per heavy atom. The quantitative estimate of drug-likeness (QED) is 0.634. The van der Waals surface area contributed by atoms with Gasteiger partial charge in [0.05, 0.1) is 5.69 Å². The van der Waals surface area contributed by atoms with Gasteiger partial charge in [-0.2, -0.15) is 0 Å². The highest BCUT2D eigenvalue weighted by Gasteiger charge is 2.22. The smallest absolute Gasteiger partial charge is 0.508 e. The fraction of sp³-hybridized carbons (Fsp3) is 0.100. The highest BCUT2D eigenvalue weighted by atomic mass is 32.1. The van der Waals surface area contributed by atoms with Crippen LogP contribution in [0.3, 0.4) is 0 Å². The molecule has 0 saturated heterocycles. The lowest BCUT2D eigenvalue weighted by molar-refractivity contribution is 0.0991. The summed E-state index contributed by atoms with van der Waals surface area (Å²) in [7, 11) is 1.56. The maximum atomic E-state index is 12.8. The molecule has 27 heavy (non-hydrogen) atoms. The zero-order chi connectivity index (χ0) is 19.6. The van der Waals surface area contributed by atoms with Gasteiger partial charge in [0.2, 0.25) is 5.06 Å². The molecule has 0 radical (unpaired) electrons. The fourth-order valence-electron chi connectivity index (χ4n) is 2.55. The van der Waals surface area contributed by atoms with Crippen molar-refractivity contribution < 1.29 is 24.5 Å². The highest BCUT2D eigenvalue weighted by molar-refractivity contribution is 7.18. The van der Waals surface area contributed by atoms with Crippen molar-refractivity contribution in [1.82, 2.24) is 0 Å². The maximum Gasteiger partial charge on any atom is 0.512 e. The van der Waals surface area contributed by atoms with Crippen molar-refractivity contribution in [2.75, 3.05) is 11.9 Å². The third-order valence-corrected chi connectivity index (χ3v) is 5.01. The molecule has 0 aliphatic heterocycles. The van der Waals surface area contributed by atoms with Crippen molar-refractivity contribution in [2.24, 2.45) is 0 Å². The lowest BCUT2D eigenvalue weighted by Crippen LogP contribution is -2.26. The monoisotopic (exact) mass is 383 g/mol. The summed E-state index contributed by atoms with van der Waals surface area (Å²) < 4.78 is 4.88. The number of amides is 1. The van der Waals surface area contributed by atoms with Gasteiger partial charge in [-0.05, 0) is 42.8 Å². The second-order valence-corrected chi connectivity index (χ2v) is 6.95. The SMILES string of the molecule is Cc1ccc(C(=O)N(C)c2cc(-c3cccc(O)c3)sc2OC(=O)O)cc1. The molecule has 3 aromatic rings. The van der Waals surface area contributed by atoms with Gasteiger partial charge >= 0.3 is 6.16 Å². The summed E-state index contributed by atoms with van der Waals surface area (Å²) in [5.74, 6) is -0.197. The minimum absolute atomic E-state index is 0.0869. The van der Waals surface area contributed by atoms with Crippen LogP contribution in [0.5, 0.6) is 10.8 Å². The lowest BCUT2D eigenvalue weighted by atomic mass is 10.1. The Morgan fingerprint density at radius 1 is 1.07 bits per heavy atom. The van der Waals surface area contributed by atoms with Gasteiger partial charge in [-0.3, -0.25) is 4.79 Å². The van der Waals surface area contributed by atoms with Gasteiger partial charge < -0.3 is 19.8 Å². The molecule has 3 rings (SSSR count). The van der Waals surface area contributed by atoms with Crippen LogP contribution in [0.2, 0.25) is 0 Å². The van der Waals surface area contributed by atoms with Crippen molar-refractivity contribution >= 4 is 29.1 Å². The number of carbonyl (C=O) groups is 2. The molecule has 0 atom stereocenters. The molecule has 2 N–H and O–H groups in total. The average Bonchev–Trinajstić information content (AvgIpc) is 3.04. The van der Waals surface area contributed by atoms with Gasteiger partial charge in [0.1, 0.15) is 5.75 Å². The molecule has 0 fully saturated rings. The molecule has 0 spiro atoms. The minimum Gasteiger partial charge on any atom is -0.508 e. The average molecular weight is 383 g/mol. The first-order valence-electron chi connectivity index (χ1n) is 8.04. The van der Waals surface area contributed by atoms with Crippen LogP contribution >= 0.6 is 11.3 Å². The van der Waals surface area contributed by atoms with Crippen molar-refractivity contribution in [3.63, 3.8) is 0 Å². The number of thiophene rings is 1. The van der Waals surface area contributed by atoms with E-state index in [9.17, 15) is 14.7 Å². The minimum atomic E-state index is -1.46. The molecule has 0 bridgehead atoms. The van der Waals surface area contributed by atoms with Crippen molar-refractivity contribution in [3.8, 4) is 21.3 Å². The van der Waals surface area contributed by atoms with E-state index < -0.39 is 6.16 Å². The van der Waals surface area contributed by atoms with Crippen LogP contribution < -0.4 is 9.64 Å². The van der Waals surface area contributed by atoms with E-state index >= 15 is 0 Å². The number of hydrogen-bond donors (Lipinski definition) is 2. The van der Waals surface area contributed by atoms with Gasteiger partial charge in [0.15, 0.2) is 0 Å². The predicted octanol–water partition coefficient (Wildman–Crippen LogP) is 4.76. The predicted molar refractivity (Wildman–Crippen MR) is 104 cm³/mol. The standard InChI is InChI=1S/C20H17NO5S/c1-12-6-8-13(9-7-12)18(23)21(2)16-11-17(27-19(16)26-20(24)25)14-4-3-5-15(22)10-14/h3-11,22H,1-2H3,(H,24,25). The molecule has 0 saturated carbocycles. The van der Waals surface area contributed by atoms with Gasteiger partial charge in [-0.25, -0.2) is 4.79 Å². The van der Waals surface area contributed by atoms with Crippen LogP contribution in [0.1, 0.15) is 15.9 Å². The third-order valence-electron chi connectivity index (χ3n) is 3.95. The summed E-state index contributed by atoms with van der Waals surface area (Å²) in [6, 6.07) is 15.3. The molecular formula is C20H17NO5S. The number of nitrogens with zero attached hydrogens (tertiary/aromatic N) is 1. The Labute approximate surface area is 159 Å². The third kappa shape index (κ3) is 4.09. The molecule has 6 nitrogen and oxygen atoms in total. The van der Waals surface area contributed by atoms with Crippen molar-refractivity contribution in [2.45, 2.75) is 6.92 Å². The number of carbonyl (C=O) groups excluding carboxylic acids is 1. The molecule has 1 aromatic heterocycles. The van der Waals surface area contributed by atoms with E-state index in [1.807, 2.05) is 19.1 Å². The van der Waals surface area contributed by atoms with Gasteiger partial charge in [-0.1, -0.05) is 41.2 Å². The summed E-state index contributed by atoms with van der Waals surface area (Å²) in [6.07, 6.45) is -1.46. The summed E-state index contributed by atoms with van der Waals surface area (Å²) in [4.78, 5) is 25.9. The van der Waals surface area contributed by atoms with Gasteiger partial charge in [0, 0.05) is 17.5 Å². The number of aromatic hydroxyl groups is 1. The number of phenols is 1. The summed E-state index contributed by atoms with van der Waals surface area (Å²) in [5, 5.41) is 18.8. The van der Waals surface area contributed by atoms with E-state index in [0.29, 0.717) is 21.7 Å². The van der Waals surface area contributed by atoms with Crippen LogP contribution in [-0.2, 0) is 0 Å². The number of benzene rings is 2. The Balaban J connectivity index is 2.00. The van der Waals surface area contributed by atoms with Crippen LogP contribution in [-0.4, -0.2) is 29.3 Å². The Morgan fingerprint density at radius 2 is 1.78 bits per heavy atom. The number of phenolic OH excluding ortho intramolecular Hbond substituents is 1. The molecule has 1 amide bonds. The lowest BCUT2D eigenvalue weighted by Gasteiger charge is -2.17. The van der Waals surface area contributed by atoms with E-state index in [-0.39, 0.29) is 16.7 Å². The Bertz CT molecular complexity index is 994. The number of anilines is 1. The molecule has 7 heteroatoms. The van der Waals surface area contributed by atoms with Crippen LogP contribution in [0.25, 0.3) is 10.4 Å². The molecular weight excluding hydrogens is 366 g/mol. The molecule has 2 aromatic carbocycles. The van der Waals surface area contributed by atoms with Crippen LogP contribution in [0.4, 0.5) is 10.5 Å². The van der Waals surface area contributed by atoms with Crippen molar-refractivity contribution in [3.05, 3.63) is 65.7 Å². The molecule has 1 heterocycles. The molecule has 138 valence electrons. The maximum absolute atomic E-state index is 12.8. The summed E-state index contributed by atoms with van der Waals surface area (Å²) >= 11 is 1.08. The fourth-order valence-corrected chi connectivity index (χ4v) is 3.58. The van der Waals surface area contributed by atoms with Gasteiger partial charge in [0.25, 0.3) is 5.91 Å². The normalized spacial score (nSPS) is 10.4. The topological polar surface area (TPSA) is 87.1 Å². The number of hydrogen-bond acceptors (Lipinski definition) is 5. The molecule has 0 unspecified atom stereocenters. The number of aryl methyl sites for hydroxylation is 1. The van der Waals surface area contributed by atoms with Crippen molar-refractivity contribution in [1.29, 1.82) is 0 Å². The number of ether oxygens (including phenoxy) is 1. The second-order valence-electron chi connectivity index (χ2n) is 5.93. The summed E-state index contributed by atoms with van der Waals surface area (Å²) in [6.45, 7) is 1.93. The van der Waals surface area contributed by atoms with E-state index in [1.165, 1.54) is 4.90 Å². The molecule has 0 aliphatic carbocycles. The Hall–Kier alpha value is -3.32.